The summed E-state index contributed by atoms with van der Waals surface area (Å²) in [5.74, 6) is 0.975. The lowest BCUT2D eigenvalue weighted by atomic mass is 10.3. The molecule has 0 aliphatic heterocycles. The molecule has 4 aromatic rings. The van der Waals surface area contributed by atoms with Crippen molar-refractivity contribution >= 4 is 51.8 Å². The normalized spacial score (nSPS) is 11.0. The van der Waals surface area contributed by atoms with E-state index in [1.807, 2.05) is 6.20 Å². The summed E-state index contributed by atoms with van der Waals surface area (Å²) in [6.07, 6.45) is 4.19. The molecule has 0 saturated heterocycles. The molecule has 26 heavy (non-hydrogen) atoms. The standard InChI is InChI=1S/C15H12Cl2N8O/c16-10-2-1-8(5-11(10)17)21-13-12(19-4-3-9-6-18-7-20-9)22-14-15(23-13)25-26-24-14/h1-2,5-7H,3-4H2,(H,18,20)(H,19,22,24)(H,21,23,25). The van der Waals surface area contributed by atoms with Crippen LogP contribution in [0.25, 0.3) is 11.3 Å². The second-order valence-corrected chi connectivity index (χ2v) is 6.14. The molecule has 3 heterocycles. The fourth-order valence-electron chi connectivity index (χ4n) is 2.30. The Kier molecular flexibility index (Phi) is 4.55. The maximum atomic E-state index is 6.07. The molecule has 11 heteroatoms. The third-order valence-corrected chi connectivity index (χ3v) is 4.26. The van der Waals surface area contributed by atoms with Gasteiger partial charge in [0.15, 0.2) is 11.6 Å². The van der Waals surface area contributed by atoms with Crippen molar-refractivity contribution in [3.8, 4) is 0 Å². The number of nitrogens with zero attached hydrogens (tertiary/aromatic N) is 5. The molecule has 0 saturated carbocycles. The van der Waals surface area contributed by atoms with Gasteiger partial charge in [-0.3, -0.25) is 0 Å². The van der Waals surface area contributed by atoms with Crippen molar-refractivity contribution < 1.29 is 4.63 Å². The van der Waals surface area contributed by atoms with Crippen LogP contribution < -0.4 is 10.6 Å². The van der Waals surface area contributed by atoms with Gasteiger partial charge in [-0.2, -0.15) is 0 Å². The summed E-state index contributed by atoms with van der Waals surface area (Å²) in [6.45, 7) is 0.604. The molecule has 4 rings (SSSR count). The van der Waals surface area contributed by atoms with Crippen LogP contribution in [-0.2, 0) is 6.42 Å². The molecule has 132 valence electrons. The molecule has 0 fully saturated rings. The van der Waals surface area contributed by atoms with Gasteiger partial charge < -0.3 is 15.6 Å². The minimum atomic E-state index is 0.297. The van der Waals surface area contributed by atoms with E-state index in [1.165, 1.54) is 0 Å². The van der Waals surface area contributed by atoms with E-state index >= 15 is 0 Å². The topological polar surface area (TPSA) is 117 Å². The van der Waals surface area contributed by atoms with Crippen LogP contribution in [0.2, 0.25) is 10.0 Å². The highest BCUT2D eigenvalue weighted by Gasteiger charge is 2.13. The van der Waals surface area contributed by atoms with E-state index in [1.54, 1.807) is 24.5 Å². The third kappa shape index (κ3) is 3.53. The largest absolute Gasteiger partial charge is 0.367 e. The average Bonchev–Trinajstić information content (AvgIpc) is 3.29. The number of rotatable bonds is 6. The highest BCUT2D eigenvalue weighted by Crippen LogP contribution is 2.29. The predicted molar refractivity (Wildman–Crippen MR) is 97.9 cm³/mol. The van der Waals surface area contributed by atoms with Crippen molar-refractivity contribution in [1.82, 2.24) is 30.2 Å². The second kappa shape index (κ2) is 7.14. The number of benzene rings is 1. The molecule has 0 bridgehead atoms. The van der Waals surface area contributed by atoms with E-state index in [0.717, 1.165) is 5.69 Å². The molecule has 3 aromatic heterocycles. The number of hydrogen-bond acceptors (Lipinski definition) is 8. The zero-order valence-corrected chi connectivity index (χ0v) is 14.7. The average molecular weight is 391 g/mol. The first-order valence-electron chi connectivity index (χ1n) is 7.63. The van der Waals surface area contributed by atoms with Crippen LogP contribution in [-0.4, -0.2) is 36.8 Å². The number of imidazole rings is 1. The van der Waals surface area contributed by atoms with Crippen molar-refractivity contribution in [2.75, 3.05) is 17.2 Å². The number of H-pyrrole nitrogens is 1. The monoisotopic (exact) mass is 390 g/mol. The molecule has 0 aliphatic rings. The van der Waals surface area contributed by atoms with Gasteiger partial charge in [-0.05, 0) is 28.5 Å². The van der Waals surface area contributed by atoms with Crippen LogP contribution >= 0.6 is 23.2 Å². The molecule has 3 N–H and O–H groups in total. The van der Waals surface area contributed by atoms with Gasteiger partial charge in [0.2, 0.25) is 11.3 Å². The fourth-order valence-corrected chi connectivity index (χ4v) is 2.59. The number of nitrogens with one attached hydrogen (secondary N) is 3. The summed E-state index contributed by atoms with van der Waals surface area (Å²) in [5.41, 5.74) is 2.26. The fraction of sp³-hybridized carbons (Fsp3) is 0.133. The lowest BCUT2D eigenvalue weighted by molar-refractivity contribution is 0.314. The summed E-state index contributed by atoms with van der Waals surface area (Å²) in [4.78, 5) is 15.9. The summed E-state index contributed by atoms with van der Waals surface area (Å²) >= 11 is 12.0. The molecule has 0 radical (unpaired) electrons. The predicted octanol–water partition coefficient (Wildman–Crippen LogP) is 3.44. The molecule has 0 amide bonds. The molecule has 0 atom stereocenters. The van der Waals surface area contributed by atoms with Gasteiger partial charge in [-0.1, -0.05) is 23.2 Å². The first kappa shape index (κ1) is 16.6. The summed E-state index contributed by atoms with van der Waals surface area (Å²) < 4.78 is 4.69. The van der Waals surface area contributed by atoms with Gasteiger partial charge in [0.05, 0.1) is 22.1 Å². The Hall–Kier alpha value is -2.91. The van der Waals surface area contributed by atoms with Crippen molar-refractivity contribution in [2.45, 2.75) is 6.42 Å². The Morgan fingerprint density at radius 3 is 2.58 bits per heavy atom. The second-order valence-electron chi connectivity index (χ2n) is 5.32. The molecule has 0 spiro atoms. The Bertz CT molecular complexity index is 1030. The number of aromatic nitrogens is 6. The number of halogens is 2. The van der Waals surface area contributed by atoms with Gasteiger partial charge in [0.25, 0.3) is 0 Å². The third-order valence-electron chi connectivity index (χ3n) is 3.53. The highest BCUT2D eigenvalue weighted by atomic mass is 35.5. The molecule has 0 unspecified atom stereocenters. The van der Waals surface area contributed by atoms with Crippen molar-refractivity contribution in [3.05, 3.63) is 46.5 Å². The number of aromatic amines is 1. The van der Waals surface area contributed by atoms with E-state index in [-0.39, 0.29) is 0 Å². The van der Waals surface area contributed by atoms with Crippen LogP contribution in [0.15, 0.2) is 35.4 Å². The van der Waals surface area contributed by atoms with Gasteiger partial charge in [0.1, 0.15) is 0 Å². The van der Waals surface area contributed by atoms with E-state index in [4.69, 9.17) is 27.8 Å². The van der Waals surface area contributed by atoms with Crippen molar-refractivity contribution in [2.24, 2.45) is 0 Å². The number of fused-ring (bicyclic) bond motifs is 1. The smallest absolute Gasteiger partial charge is 0.245 e. The molecule has 1 aromatic carbocycles. The van der Waals surface area contributed by atoms with Crippen LogP contribution in [0.5, 0.6) is 0 Å². The first-order chi connectivity index (χ1) is 12.7. The maximum absolute atomic E-state index is 6.07. The SMILES string of the molecule is Clc1ccc(Nc2nc3nonc3nc2NCCc2c[nH]cn2)cc1Cl. The molecular weight excluding hydrogens is 379 g/mol. The number of hydrogen-bond donors (Lipinski definition) is 3. The van der Waals surface area contributed by atoms with Crippen LogP contribution in [0.4, 0.5) is 17.3 Å². The Morgan fingerprint density at radius 2 is 1.85 bits per heavy atom. The summed E-state index contributed by atoms with van der Waals surface area (Å²) in [5, 5.41) is 14.7. The van der Waals surface area contributed by atoms with Crippen LogP contribution in [0, 0.1) is 0 Å². The van der Waals surface area contributed by atoms with Crippen LogP contribution in [0.3, 0.4) is 0 Å². The van der Waals surface area contributed by atoms with Gasteiger partial charge in [-0.25, -0.2) is 19.6 Å². The summed E-state index contributed by atoms with van der Waals surface area (Å²) in [7, 11) is 0. The van der Waals surface area contributed by atoms with Gasteiger partial charge in [-0.15, -0.1) is 0 Å². The van der Waals surface area contributed by atoms with Gasteiger partial charge in [0, 0.05) is 24.8 Å². The van der Waals surface area contributed by atoms with E-state index in [9.17, 15) is 0 Å². The summed E-state index contributed by atoms with van der Waals surface area (Å²) in [6, 6.07) is 5.18. The Morgan fingerprint density at radius 1 is 1.04 bits per heavy atom. The maximum Gasteiger partial charge on any atom is 0.245 e. The molecule has 0 aliphatic carbocycles. The zero-order chi connectivity index (χ0) is 17.9. The van der Waals surface area contributed by atoms with Crippen molar-refractivity contribution in [3.63, 3.8) is 0 Å². The lowest BCUT2D eigenvalue weighted by Crippen LogP contribution is -2.10. The zero-order valence-electron chi connectivity index (χ0n) is 13.2. The van der Waals surface area contributed by atoms with E-state index in [0.29, 0.717) is 51.6 Å². The van der Waals surface area contributed by atoms with E-state index < -0.39 is 0 Å². The molecule has 9 nitrogen and oxygen atoms in total. The minimum absolute atomic E-state index is 0.297. The first-order valence-corrected chi connectivity index (χ1v) is 8.38. The minimum Gasteiger partial charge on any atom is -0.367 e. The molecular formula is C15H12Cl2N8O. The lowest BCUT2D eigenvalue weighted by Gasteiger charge is -2.12. The number of anilines is 3. The Labute approximate surface area is 157 Å². The van der Waals surface area contributed by atoms with Gasteiger partial charge >= 0.3 is 0 Å². The Balaban J connectivity index is 1.59. The van der Waals surface area contributed by atoms with Crippen molar-refractivity contribution in [1.29, 1.82) is 0 Å². The highest BCUT2D eigenvalue weighted by molar-refractivity contribution is 6.42. The van der Waals surface area contributed by atoms with E-state index in [2.05, 4.69) is 40.9 Å². The van der Waals surface area contributed by atoms with Crippen LogP contribution in [0.1, 0.15) is 5.69 Å². The quantitative estimate of drug-likeness (QED) is 0.458.